The number of aryl methyl sites for hydroxylation is 1. The van der Waals surface area contributed by atoms with Gasteiger partial charge < -0.3 is 14.7 Å². The maximum atomic E-state index is 12.2. The second-order valence-corrected chi connectivity index (χ2v) is 5.06. The Kier molecular flexibility index (Phi) is 3.54. The van der Waals surface area contributed by atoms with Crippen molar-refractivity contribution in [1.29, 1.82) is 0 Å². The van der Waals surface area contributed by atoms with E-state index in [1.54, 1.807) is 36.0 Å². The first kappa shape index (κ1) is 14.1. The lowest BCUT2D eigenvalue weighted by atomic mass is 10.1. The van der Waals surface area contributed by atoms with Gasteiger partial charge in [0.1, 0.15) is 5.75 Å². The molecule has 0 aliphatic carbocycles. The molecule has 1 aliphatic rings. The fraction of sp³-hybridized carbons (Fsp3) is 0.267. The van der Waals surface area contributed by atoms with E-state index in [1.165, 1.54) is 4.90 Å². The molecule has 0 saturated carbocycles. The second-order valence-electron chi connectivity index (χ2n) is 5.06. The number of carbonyl (C=O) groups is 2. The summed E-state index contributed by atoms with van der Waals surface area (Å²) < 4.78 is 6.86. The topological polar surface area (TPSA) is 84.7 Å². The van der Waals surface area contributed by atoms with Crippen molar-refractivity contribution in [1.82, 2.24) is 14.7 Å². The van der Waals surface area contributed by atoms with Crippen molar-refractivity contribution in [3.8, 4) is 5.75 Å². The summed E-state index contributed by atoms with van der Waals surface area (Å²) in [6.07, 6.45) is 0.0627. The molecule has 1 amide bonds. The molecule has 3 rings (SSSR count). The Morgan fingerprint density at radius 1 is 1.27 bits per heavy atom. The number of aromatic nitrogens is 2. The Morgan fingerprint density at radius 2 is 2.00 bits per heavy atom. The van der Waals surface area contributed by atoms with Crippen molar-refractivity contribution >= 4 is 12.1 Å². The first-order valence-electron chi connectivity index (χ1n) is 6.86. The molecule has 1 aromatic carbocycles. The number of amides is 1. The maximum absolute atomic E-state index is 12.2. The van der Waals surface area contributed by atoms with E-state index in [-0.39, 0.29) is 12.2 Å². The number of fused-ring (bicyclic) bond motifs is 1. The molecular weight excluding hydrogens is 286 g/mol. The predicted molar refractivity (Wildman–Crippen MR) is 76.7 cm³/mol. The standard InChI is InChI=1S/C15H15N3O4/c1-17-12-7-8-18(9-11(12)13(16-17)14(19)20)15(21)22-10-5-3-2-4-6-10/h2-6H,7-9H2,1H3,(H,19,20). The van der Waals surface area contributed by atoms with Crippen molar-refractivity contribution in [3.05, 3.63) is 47.3 Å². The Labute approximate surface area is 126 Å². The molecule has 7 nitrogen and oxygen atoms in total. The lowest BCUT2D eigenvalue weighted by Crippen LogP contribution is -2.38. The minimum atomic E-state index is -1.09. The number of hydrogen-bond donors (Lipinski definition) is 1. The summed E-state index contributed by atoms with van der Waals surface area (Å²) in [6.45, 7) is 0.660. The zero-order valence-corrected chi connectivity index (χ0v) is 12.0. The van der Waals surface area contributed by atoms with Crippen LogP contribution in [0.3, 0.4) is 0 Å². The SMILES string of the molecule is Cn1nc(C(=O)O)c2c1CCN(C(=O)Oc1ccccc1)C2. The summed E-state index contributed by atoms with van der Waals surface area (Å²) in [5.41, 5.74) is 1.42. The molecule has 2 aromatic rings. The molecule has 0 unspecified atom stereocenters. The van der Waals surface area contributed by atoms with E-state index in [4.69, 9.17) is 4.74 Å². The van der Waals surface area contributed by atoms with Crippen LogP contribution in [-0.2, 0) is 20.0 Å². The van der Waals surface area contributed by atoms with Crippen LogP contribution < -0.4 is 4.74 Å². The summed E-state index contributed by atoms with van der Waals surface area (Å²) in [6, 6.07) is 8.78. The molecule has 114 valence electrons. The fourth-order valence-electron chi connectivity index (χ4n) is 2.57. The van der Waals surface area contributed by atoms with Crippen molar-refractivity contribution in [2.45, 2.75) is 13.0 Å². The molecule has 1 aromatic heterocycles. The number of aromatic carboxylic acids is 1. The Morgan fingerprint density at radius 3 is 2.68 bits per heavy atom. The Hall–Kier alpha value is -2.83. The van der Waals surface area contributed by atoms with Crippen LogP contribution in [0, 0.1) is 0 Å². The van der Waals surface area contributed by atoms with Crippen LogP contribution in [0.4, 0.5) is 4.79 Å². The molecular formula is C15H15N3O4. The molecule has 0 radical (unpaired) electrons. The van der Waals surface area contributed by atoms with Gasteiger partial charge in [-0.05, 0) is 12.1 Å². The Balaban J connectivity index is 1.79. The van der Waals surface area contributed by atoms with Crippen LogP contribution in [0.5, 0.6) is 5.75 Å². The molecule has 7 heteroatoms. The molecule has 0 atom stereocenters. The molecule has 1 aliphatic heterocycles. The zero-order valence-electron chi connectivity index (χ0n) is 12.0. The molecule has 0 saturated heterocycles. The maximum Gasteiger partial charge on any atom is 0.415 e. The summed E-state index contributed by atoms with van der Waals surface area (Å²) in [5.74, 6) is -0.627. The van der Waals surface area contributed by atoms with E-state index in [0.29, 0.717) is 24.3 Å². The van der Waals surface area contributed by atoms with E-state index in [2.05, 4.69) is 5.10 Å². The average Bonchev–Trinajstić information content (AvgIpc) is 2.85. The van der Waals surface area contributed by atoms with Crippen molar-refractivity contribution in [3.63, 3.8) is 0 Å². The van der Waals surface area contributed by atoms with Gasteiger partial charge in [0.25, 0.3) is 0 Å². The van der Waals surface area contributed by atoms with Crippen molar-refractivity contribution in [2.24, 2.45) is 7.05 Å². The number of carbonyl (C=O) groups excluding carboxylic acids is 1. The summed E-state index contributed by atoms with van der Waals surface area (Å²) in [4.78, 5) is 24.9. The average molecular weight is 301 g/mol. The van der Waals surface area contributed by atoms with Gasteiger partial charge in [-0.1, -0.05) is 18.2 Å². The first-order chi connectivity index (χ1) is 10.6. The fourth-order valence-corrected chi connectivity index (χ4v) is 2.57. The molecule has 0 bridgehead atoms. The highest BCUT2D eigenvalue weighted by Gasteiger charge is 2.29. The van der Waals surface area contributed by atoms with Crippen LogP contribution in [0.1, 0.15) is 21.7 Å². The molecule has 22 heavy (non-hydrogen) atoms. The van der Waals surface area contributed by atoms with Gasteiger partial charge in [0.2, 0.25) is 0 Å². The molecule has 0 fully saturated rings. The number of nitrogens with zero attached hydrogens (tertiary/aromatic N) is 3. The summed E-state index contributed by atoms with van der Waals surface area (Å²) in [7, 11) is 1.71. The number of ether oxygens (including phenoxy) is 1. The van der Waals surface area contributed by atoms with Gasteiger partial charge in [0, 0.05) is 31.3 Å². The van der Waals surface area contributed by atoms with Crippen molar-refractivity contribution < 1.29 is 19.4 Å². The van der Waals surface area contributed by atoms with Gasteiger partial charge in [0.05, 0.1) is 6.54 Å². The number of carboxylic acid groups (broad SMARTS) is 1. The third-order valence-corrected chi connectivity index (χ3v) is 3.65. The van der Waals surface area contributed by atoms with E-state index in [1.807, 2.05) is 6.07 Å². The minimum Gasteiger partial charge on any atom is -0.476 e. The second kappa shape index (κ2) is 5.51. The Bertz CT molecular complexity index is 724. The predicted octanol–water partition coefficient (Wildman–Crippen LogP) is 1.68. The highest BCUT2D eigenvalue weighted by Crippen LogP contribution is 2.23. The highest BCUT2D eigenvalue weighted by molar-refractivity contribution is 5.87. The third-order valence-electron chi connectivity index (χ3n) is 3.65. The van der Waals surface area contributed by atoms with Crippen LogP contribution in [0.2, 0.25) is 0 Å². The van der Waals surface area contributed by atoms with E-state index < -0.39 is 12.1 Å². The normalized spacial score (nSPS) is 13.6. The summed E-state index contributed by atoms with van der Waals surface area (Å²) >= 11 is 0. The van der Waals surface area contributed by atoms with Crippen LogP contribution in [0.25, 0.3) is 0 Å². The smallest absolute Gasteiger partial charge is 0.415 e. The van der Waals surface area contributed by atoms with Gasteiger partial charge in [0.15, 0.2) is 5.69 Å². The monoisotopic (exact) mass is 301 g/mol. The largest absolute Gasteiger partial charge is 0.476 e. The number of carboxylic acids is 1. The van der Waals surface area contributed by atoms with Crippen LogP contribution in [-0.4, -0.2) is 38.4 Å². The minimum absolute atomic E-state index is 0.00490. The van der Waals surface area contributed by atoms with E-state index >= 15 is 0 Å². The van der Waals surface area contributed by atoms with Gasteiger partial charge in [-0.2, -0.15) is 5.10 Å². The first-order valence-corrected chi connectivity index (χ1v) is 6.86. The lowest BCUT2D eigenvalue weighted by molar-refractivity contribution is 0.0686. The third kappa shape index (κ3) is 2.52. The van der Waals surface area contributed by atoms with E-state index in [9.17, 15) is 14.7 Å². The van der Waals surface area contributed by atoms with E-state index in [0.717, 1.165) is 5.69 Å². The highest BCUT2D eigenvalue weighted by atomic mass is 16.6. The molecule has 2 heterocycles. The van der Waals surface area contributed by atoms with Gasteiger partial charge in [-0.15, -0.1) is 0 Å². The number of para-hydroxylation sites is 1. The van der Waals surface area contributed by atoms with Crippen molar-refractivity contribution in [2.75, 3.05) is 6.54 Å². The van der Waals surface area contributed by atoms with Crippen LogP contribution in [0.15, 0.2) is 30.3 Å². The van der Waals surface area contributed by atoms with Gasteiger partial charge in [-0.25, -0.2) is 9.59 Å². The number of hydrogen-bond acceptors (Lipinski definition) is 4. The van der Waals surface area contributed by atoms with Gasteiger partial charge in [-0.3, -0.25) is 4.68 Å². The molecule has 0 spiro atoms. The lowest BCUT2D eigenvalue weighted by Gasteiger charge is -2.26. The quantitative estimate of drug-likeness (QED) is 0.912. The molecule has 1 N–H and O–H groups in total. The van der Waals surface area contributed by atoms with Gasteiger partial charge >= 0.3 is 12.1 Å². The number of rotatable bonds is 2. The zero-order chi connectivity index (χ0) is 15.7. The number of benzene rings is 1. The summed E-state index contributed by atoms with van der Waals surface area (Å²) in [5, 5.41) is 13.2. The van der Waals surface area contributed by atoms with Crippen LogP contribution >= 0.6 is 0 Å².